The third-order valence-electron chi connectivity index (χ3n) is 3.06. The highest BCUT2D eigenvalue weighted by Crippen LogP contribution is 2.25. The van der Waals surface area contributed by atoms with Gasteiger partial charge in [0.1, 0.15) is 17.9 Å². The Hall–Kier alpha value is -3.05. The largest absolute Gasteiger partial charge is 0.497 e. The second-order valence-corrected chi connectivity index (χ2v) is 4.16. The zero-order chi connectivity index (χ0) is 14.7. The van der Waals surface area contributed by atoms with Crippen molar-refractivity contribution in [1.82, 2.24) is 4.98 Å². The smallest absolute Gasteiger partial charge is 0.252 e. The van der Waals surface area contributed by atoms with E-state index < -0.39 is 0 Å². The zero-order valence-corrected chi connectivity index (χ0v) is 11.0. The second-order valence-electron chi connectivity index (χ2n) is 4.16. The molecule has 1 N–H and O–H groups in total. The molecule has 0 saturated heterocycles. The summed E-state index contributed by atoms with van der Waals surface area (Å²) in [6, 6.07) is 10.8. The number of benzene rings is 1. The Bertz CT molecular complexity index is 790. The summed E-state index contributed by atoms with van der Waals surface area (Å²) >= 11 is 0. The average Bonchev–Trinajstić information content (AvgIpc) is 2.49. The first kappa shape index (κ1) is 13.4. The van der Waals surface area contributed by atoms with E-state index in [4.69, 9.17) is 10.00 Å². The molecule has 0 unspecified atom stereocenters. The predicted octanol–water partition coefficient (Wildman–Crippen LogP) is 2.10. The first-order valence-corrected chi connectivity index (χ1v) is 5.84. The van der Waals surface area contributed by atoms with Crippen molar-refractivity contribution >= 4 is 0 Å². The summed E-state index contributed by atoms with van der Waals surface area (Å²) < 4.78 is 5.06. The summed E-state index contributed by atoms with van der Waals surface area (Å²) in [6.07, 6.45) is 0. The van der Waals surface area contributed by atoms with Gasteiger partial charge in [0, 0.05) is 5.56 Å². The molecule has 1 aromatic heterocycles. The number of H-pyrrole nitrogens is 1. The van der Waals surface area contributed by atoms with Gasteiger partial charge in [0.25, 0.3) is 5.56 Å². The molecule has 0 fully saturated rings. The SMILES string of the molecule is COc1ccc(-c2[nH]c(=O)c(C)c(C#N)c2C#N)cc1. The number of nitrogens with one attached hydrogen (secondary N) is 1. The first-order chi connectivity index (χ1) is 9.62. The number of nitriles is 2. The van der Waals surface area contributed by atoms with Gasteiger partial charge in [-0.3, -0.25) is 4.79 Å². The molecule has 5 nitrogen and oxygen atoms in total. The van der Waals surface area contributed by atoms with Crippen molar-refractivity contribution in [3.8, 4) is 29.1 Å². The normalized spacial score (nSPS) is 9.60. The first-order valence-electron chi connectivity index (χ1n) is 5.84. The van der Waals surface area contributed by atoms with E-state index in [-0.39, 0.29) is 22.2 Å². The molecule has 1 aromatic carbocycles. The molecule has 2 aromatic rings. The van der Waals surface area contributed by atoms with Gasteiger partial charge in [-0.15, -0.1) is 0 Å². The molecule has 0 atom stereocenters. The molecule has 2 rings (SSSR count). The van der Waals surface area contributed by atoms with E-state index in [1.165, 1.54) is 6.92 Å². The number of methoxy groups -OCH3 is 1. The molecule has 0 aliphatic carbocycles. The molecule has 0 bridgehead atoms. The van der Waals surface area contributed by atoms with Gasteiger partial charge >= 0.3 is 0 Å². The second kappa shape index (κ2) is 5.29. The van der Waals surface area contributed by atoms with Gasteiger partial charge in [-0.25, -0.2) is 0 Å². The number of rotatable bonds is 2. The van der Waals surface area contributed by atoms with E-state index in [0.29, 0.717) is 17.0 Å². The summed E-state index contributed by atoms with van der Waals surface area (Å²) in [6.45, 7) is 1.52. The van der Waals surface area contributed by atoms with Crippen molar-refractivity contribution in [2.45, 2.75) is 6.92 Å². The lowest BCUT2D eigenvalue weighted by atomic mass is 9.99. The number of hydrogen-bond acceptors (Lipinski definition) is 4. The molecule has 0 amide bonds. The summed E-state index contributed by atoms with van der Waals surface area (Å²) in [5, 5.41) is 18.4. The van der Waals surface area contributed by atoms with Crippen molar-refractivity contribution in [2.24, 2.45) is 0 Å². The highest BCUT2D eigenvalue weighted by Gasteiger charge is 2.15. The Balaban J connectivity index is 2.74. The fraction of sp³-hybridized carbons (Fsp3) is 0.133. The van der Waals surface area contributed by atoms with E-state index in [1.54, 1.807) is 31.4 Å². The summed E-state index contributed by atoms with van der Waals surface area (Å²) in [5.74, 6) is 0.669. The molecular weight excluding hydrogens is 254 g/mol. The van der Waals surface area contributed by atoms with E-state index in [0.717, 1.165) is 0 Å². The molecular formula is C15H11N3O2. The number of nitrogens with zero attached hydrogens (tertiary/aromatic N) is 2. The standard InChI is InChI=1S/C15H11N3O2/c1-9-12(7-16)13(8-17)14(18-15(9)19)10-3-5-11(20-2)6-4-10/h3-6H,1-2H3,(H,18,19). The summed E-state index contributed by atoms with van der Waals surface area (Å²) in [7, 11) is 1.55. The van der Waals surface area contributed by atoms with E-state index in [1.807, 2.05) is 12.1 Å². The lowest BCUT2D eigenvalue weighted by Crippen LogP contribution is -2.15. The van der Waals surface area contributed by atoms with Crippen LogP contribution in [0.15, 0.2) is 29.1 Å². The molecule has 0 aliphatic rings. The van der Waals surface area contributed by atoms with Crippen LogP contribution in [0.5, 0.6) is 5.75 Å². The minimum absolute atomic E-state index is 0.113. The average molecular weight is 265 g/mol. The number of aromatic amines is 1. The third-order valence-corrected chi connectivity index (χ3v) is 3.06. The van der Waals surface area contributed by atoms with E-state index in [9.17, 15) is 10.1 Å². The minimum Gasteiger partial charge on any atom is -0.497 e. The molecule has 0 spiro atoms. The quantitative estimate of drug-likeness (QED) is 0.900. The molecule has 0 aliphatic heterocycles. The molecule has 1 heterocycles. The molecule has 98 valence electrons. The van der Waals surface area contributed by atoms with Crippen molar-refractivity contribution in [2.75, 3.05) is 7.11 Å². The van der Waals surface area contributed by atoms with Crippen LogP contribution in [0.2, 0.25) is 0 Å². The van der Waals surface area contributed by atoms with Gasteiger partial charge in [0.15, 0.2) is 0 Å². The Morgan fingerprint density at radius 2 is 1.70 bits per heavy atom. The summed E-state index contributed by atoms with van der Waals surface area (Å²) in [5.41, 5.74) is 1.17. The molecule has 0 saturated carbocycles. The fourth-order valence-electron chi connectivity index (χ4n) is 1.92. The van der Waals surface area contributed by atoms with Gasteiger partial charge < -0.3 is 9.72 Å². The van der Waals surface area contributed by atoms with E-state index >= 15 is 0 Å². The Morgan fingerprint density at radius 1 is 1.10 bits per heavy atom. The zero-order valence-electron chi connectivity index (χ0n) is 11.0. The topological polar surface area (TPSA) is 89.7 Å². The molecule has 5 heteroatoms. The van der Waals surface area contributed by atoms with Crippen LogP contribution in [-0.2, 0) is 0 Å². The predicted molar refractivity (Wildman–Crippen MR) is 73.2 cm³/mol. The van der Waals surface area contributed by atoms with Gasteiger partial charge in [-0.05, 0) is 36.8 Å². The van der Waals surface area contributed by atoms with Gasteiger partial charge in [-0.2, -0.15) is 10.5 Å². The molecule has 20 heavy (non-hydrogen) atoms. The van der Waals surface area contributed by atoms with Crippen molar-refractivity contribution in [1.29, 1.82) is 10.5 Å². The van der Waals surface area contributed by atoms with E-state index in [2.05, 4.69) is 4.98 Å². The maximum absolute atomic E-state index is 11.8. The van der Waals surface area contributed by atoms with Crippen molar-refractivity contribution in [3.63, 3.8) is 0 Å². The maximum Gasteiger partial charge on any atom is 0.252 e. The number of ether oxygens (including phenoxy) is 1. The van der Waals surface area contributed by atoms with Crippen LogP contribution in [-0.4, -0.2) is 12.1 Å². The van der Waals surface area contributed by atoms with Crippen LogP contribution in [0.1, 0.15) is 16.7 Å². The van der Waals surface area contributed by atoms with Gasteiger partial charge in [0.2, 0.25) is 0 Å². The highest BCUT2D eigenvalue weighted by atomic mass is 16.5. The number of aromatic nitrogens is 1. The molecule has 0 radical (unpaired) electrons. The van der Waals surface area contributed by atoms with Crippen LogP contribution in [0.25, 0.3) is 11.3 Å². The third kappa shape index (κ3) is 2.13. The van der Waals surface area contributed by atoms with Crippen molar-refractivity contribution in [3.05, 3.63) is 51.3 Å². The van der Waals surface area contributed by atoms with Crippen LogP contribution in [0.3, 0.4) is 0 Å². The number of pyridine rings is 1. The lowest BCUT2D eigenvalue weighted by Gasteiger charge is -2.08. The summed E-state index contributed by atoms with van der Waals surface area (Å²) in [4.78, 5) is 14.5. The maximum atomic E-state index is 11.8. The Labute approximate surface area is 115 Å². The van der Waals surface area contributed by atoms with Crippen LogP contribution >= 0.6 is 0 Å². The van der Waals surface area contributed by atoms with Gasteiger partial charge in [0.05, 0.1) is 23.9 Å². The van der Waals surface area contributed by atoms with Crippen molar-refractivity contribution < 1.29 is 4.74 Å². The lowest BCUT2D eigenvalue weighted by molar-refractivity contribution is 0.415. The van der Waals surface area contributed by atoms with Crippen LogP contribution in [0, 0.1) is 29.6 Å². The Morgan fingerprint density at radius 3 is 2.20 bits per heavy atom. The highest BCUT2D eigenvalue weighted by molar-refractivity contribution is 5.71. The van der Waals surface area contributed by atoms with Gasteiger partial charge in [-0.1, -0.05) is 0 Å². The monoisotopic (exact) mass is 265 g/mol. The Kier molecular flexibility index (Phi) is 3.54. The fourth-order valence-corrected chi connectivity index (χ4v) is 1.92. The van der Waals surface area contributed by atoms with Crippen LogP contribution in [0.4, 0.5) is 0 Å². The minimum atomic E-state index is -0.369. The number of hydrogen-bond donors (Lipinski definition) is 1. The van der Waals surface area contributed by atoms with Crippen LogP contribution < -0.4 is 10.3 Å².